The number of rotatable bonds is 3. The van der Waals surface area contributed by atoms with Crippen molar-refractivity contribution in [2.24, 2.45) is 0 Å². The normalized spacial score (nSPS) is 13.4. The molecule has 0 amide bonds. The summed E-state index contributed by atoms with van der Waals surface area (Å²) >= 11 is 0. The van der Waals surface area contributed by atoms with Crippen molar-refractivity contribution in [2.75, 3.05) is 4.90 Å². The second-order valence-electron chi connectivity index (χ2n) is 11.5. The fraction of sp³-hybridized carbons (Fsp3) is 0.0513. The third-order valence-electron chi connectivity index (χ3n) is 9.06. The van der Waals surface area contributed by atoms with Gasteiger partial charge in [0.15, 0.2) is 5.58 Å². The number of hydrogen-bond acceptors (Lipinski definition) is 5. The Bertz CT molecular complexity index is 2630. The summed E-state index contributed by atoms with van der Waals surface area (Å²) in [6.07, 6.45) is 7.79. The summed E-state index contributed by atoms with van der Waals surface area (Å²) in [6.45, 7) is 0. The summed E-state index contributed by atoms with van der Waals surface area (Å²) in [6, 6.07) is 35.9. The third-order valence-corrected chi connectivity index (χ3v) is 9.06. The van der Waals surface area contributed by atoms with E-state index in [-0.39, 0.29) is 0 Å². The fourth-order valence-corrected chi connectivity index (χ4v) is 7.04. The summed E-state index contributed by atoms with van der Waals surface area (Å²) in [5.41, 5.74) is 11.1. The van der Waals surface area contributed by atoms with Crippen LogP contribution in [0, 0.1) is 0 Å². The van der Waals surface area contributed by atoms with Gasteiger partial charge in [0.1, 0.15) is 27.9 Å². The lowest BCUT2D eigenvalue weighted by atomic mass is 9.91. The van der Waals surface area contributed by atoms with Gasteiger partial charge in [0.05, 0.1) is 6.20 Å². The maximum absolute atomic E-state index is 6.35. The average Bonchev–Trinajstić information content (AvgIpc) is 3.75. The number of hydrogen-bond donors (Lipinski definition) is 0. The predicted octanol–water partition coefficient (Wildman–Crippen LogP) is 10.9. The molecule has 4 heterocycles. The number of pyridine rings is 1. The van der Waals surface area contributed by atoms with Crippen molar-refractivity contribution >= 4 is 83.3 Å². The molecule has 9 aromatic rings. The highest BCUT2D eigenvalue weighted by Crippen LogP contribution is 2.43. The van der Waals surface area contributed by atoms with E-state index in [1.54, 1.807) is 6.20 Å². The zero-order valence-corrected chi connectivity index (χ0v) is 23.6. The smallest absolute Gasteiger partial charge is 0.153 e. The van der Waals surface area contributed by atoms with E-state index in [4.69, 9.17) is 13.3 Å². The van der Waals surface area contributed by atoms with E-state index in [9.17, 15) is 0 Å². The number of fused-ring (bicyclic) bond motifs is 11. The largest absolute Gasteiger partial charge is 0.456 e. The SMILES string of the molecule is C1=C(N(c2ccc3c(c2)oc2ccccc23)c2ccc3oc4ccccc4c3c2)CCc2ccc3oc4cnccc4c3c21. The summed E-state index contributed by atoms with van der Waals surface area (Å²) in [5.74, 6) is 0. The van der Waals surface area contributed by atoms with E-state index in [1.807, 2.05) is 30.5 Å². The molecule has 0 bridgehead atoms. The maximum Gasteiger partial charge on any atom is 0.153 e. The van der Waals surface area contributed by atoms with Gasteiger partial charge >= 0.3 is 0 Å². The van der Waals surface area contributed by atoms with Crippen molar-refractivity contribution in [2.45, 2.75) is 12.8 Å². The standard InChI is InChI=1S/C39H24N2O3/c1-3-7-33-27(5-1)29-14-12-26(21-37(29)43-33)41(25-13-16-35-32(20-25)28-6-2-4-8-34(28)42-35)24-11-9-23-10-15-36-39(31(23)19-24)30-17-18-40-22-38(30)44-36/h1-8,10,12-22H,9,11H2. The first-order valence-electron chi connectivity index (χ1n) is 14.9. The number of aryl methyl sites for hydroxylation is 1. The van der Waals surface area contributed by atoms with Crippen LogP contribution in [0.2, 0.25) is 0 Å². The predicted molar refractivity (Wildman–Crippen MR) is 177 cm³/mol. The van der Waals surface area contributed by atoms with Gasteiger partial charge in [-0.05, 0) is 84.6 Å². The van der Waals surface area contributed by atoms with E-state index < -0.39 is 0 Å². The minimum Gasteiger partial charge on any atom is -0.456 e. The third kappa shape index (κ3) is 3.38. The molecule has 0 fully saturated rings. The molecule has 1 aliphatic rings. The van der Waals surface area contributed by atoms with Crippen molar-refractivity contribution in [3.63, 3.8) is 0 Å². The summed E-state index contributed by atoms with van der Waals surface area (Å²) in [7, 11) is 0. The lowest BCUT2D eigenvalue weighted by Crippen LogP contribution is -2.19. The van der Waals surface area contributed by atoms with Gasteiger partial charge < -0.3 is 18.2 Å². The molecule has 0 saturated heterocycles. The van der Waals surface area contributed by atoms with Crippen LogP contribution in [0.4, 0.5) is 11.4 Å². The second-order valence-corrected chi connectivity index (χ2v) is 11.5. The number of anilines is 2. The van der Waals surface area contributed by atoms with E-state index >= 15 is 0 Å². The molecule has 10 rings (SSSR count). The molecule has 0 aliphatic heterocycles. The fourth-order valence-electron chi connectivity index (χ4n) is 7.04. The van der Waals surface area contributed by atoms with Crippen molar-refractivity contribution in [1.82, 2.24) is 4.98 Å². The van der Waals surface area contributed by atoms with E-state index in [1.165, 1.54) is 16.8 Å². The molecule has 5 aromatic carbocycles. The Hall–Kier alpha value is -5.81. The molecular formula is C39H24N2O3. The lowest BCUT2D eigenvalue weighted by Gasteiger charge is -2.30. The van der Waals surface area contributed by atoms with Gasteiger partial charge in [-0.25, -0.2) is 0 Å². The first kappa shape index (κ1) is 23.7. The number of allylic oxidation sites excluding steroid dienone is 1. The van der Waals surface area contributed by atoms with Gasteiger partial charge in [-0.2, -0.15) is 0 Å². The Kier molecular flexibility index (Phi) is 4.77. The van der Waals surface area contributed by atoms with Crippen LogP contribution in [0.3, 0.4) is 0 Å². The summed E-state index contributed by atoms with van der Waals surface area (Å²) in [5, 5.41) is 6.68. The number of benzene rings is 5. The Morgan fingerprint density at radius 2 is 1.20 bits per heavy atom. The molecule has 208 valence electrons. The van der Waals surface area contributed by atoms with Crippen molar-refractivity contribution < 1.29 is 13.3 Å². The lowest BCUT2D eigenvalue weighted by molar-refractivity contribution is 0.666. The van der Waals surface area contributed by atoms with Crippen LogP contribution >= 0.6 is 0 Å². The van der Waals surface area contributed by atoms with Crippen LogP contribution in [0.5, 0.6) is 0 Å². The van der Waals surface area contributed by atoms with Gasteiger partial charge in [0.25, 0.3) is 0 Å². The van der Waals surface area contributed by atoms with Crippen molar-refractivity contribution in [3.8, 4) is 0 Å². The van der Waals surface area contributed by atoms with Gasteiger partial charge in [0.2, 0.25) is 0 Å². The van der Waals surface area contributed by atoms with Crippen LogP contribution in [0.1, 0.15) is 17.5 Å². The number of aromatic nitrogens is 1. The Balaban J connectivity index is 1.23. The molecule has 5 heteroatoms. The van der Waals surface area contributed by atoms with Crippen LogP contribution in [-0.2, 0) is 6.42 Å². The van der Waals surface area contributed by atoms with Crippen molar-refractivity contribution in [3.05, 3.63) is 132 Å². The monoisotopic (exact) mass is 568 g/mol. The summed E-state index contributed by atoms with van der Waals surface area (Å²) in [4.78, 5) is 6.67. The van der Waals surface area contributed by atoms with E-state index in [0.717, 1.165) is 90.0 Å². The molecule has 0 atom stereocenters. The number of nitrogens with zero attached hydrogens (tertiary/aromatic N) is 2. The van der Waals surface area contributed by atoms with Crippen molar-refractivity contribution in [1.29, 1.82) is 0 Å². The Labute approximate surface area is 251 Å². The maximum atomic E-state index is 6.35. The highest BCUT2D eigenvalue weighted by atomic mass is 16.3. The van der Waals surface area contributed by atoms with E-state index in [2.05, 4.69) is 94.8 Å². The van der Waals surface area contributed by atoms with Gasteiger partial charge in [0, 0.05) is 61.7 Å². The second kappa shape index (κ2) is 8.85. The minimum absolute atomic E-state index is 0.806. The highest BCUT2D eigenvalue weighted by molar-refractivity contribution is 6.11. The minimum atomic E-state index is 0.806. The Morgan fingerprint density at radius 3 is 2.09 bits per heavy atom. The number of para-hydroxylation sites is 2. The van der Waals surface area contributed by atoms with Gasteiger partial charge in [-0.15, -0.1) is 0 Å². The van der Waals surface area contributed by atoms with Crippen LogP contribution < -0.4 is 4.90 Å². The topological polar surface area (TPSA) is 55.6 Å². The number of furan rings is 3. The zero-order valence-electron chi connectivity index (χ0n) is 23.6. The molecule has 1 aliphatic carbocycles. The van der Waals surface area contributed by atoms with Gasteiger partial charge in [-0.1, -0.05) is 42.5 Å². The molecule has 0 saturated carbocycles. The average molecular weight is 569 g/mol. The van der Waals surface area contributed by atoms with Crippen LogP contribution in [0.25, 0.3) is 71.9 Å². The van der Waals surface area contributed by atoms with Crippen LogP contribution in [0.15, 0.2) is 134 Å². The molecule has 0 radical (unpaired) electrons. The molecule has 0 N–H and O–H groups in total. The summed E-state index contributed by atoms with van der Waals surface area (Å²) < 4.78 is 18.8. The molecular weight excluding hydrogens is 544 g/mol. The molecule has 44 heavy (non-hydrogen) atoms. The quantitative estimate of drug-likeness (QED) is 0.212. The van der Waals surface area contributed by atoms with Crippen LogP contribution in [-0.4, -0.2) is 4.98 Å². The Morgan fingerprint density at radius 1 is 0.523 bits per heavy atom. The highest BCUT2D eigenvalue weighted by Gasteiger charge is 2.24. The first-order valence-corrected chi connectivity index (χ1v) is 14.9. The molecule has 0 unspecified atom stereocenters. The molecule has 5 nitrogen and oxygen atoms in total. The zero-order chi connectivity index (χ0) is 28.8. The van der Waals surface area contributed by atoms with E-state index in [0.29, 0.717) is 0 Å². The molecule has 0 spiro atoms. The van der Waals surface area contributed by atoms with Gasteiger partial charge in [-0.3, -0.25) is 4.98 Å². The first-order chi connectivity index (χ1) is 21.8. The molecule has 4 aromatic heterocycles.